The molecule has 1 aromatic heterocycles. The highest BCUT2D eigenvalue weighted by atomic mass is 35.5. The topological polar surface area (TPSA) is 74.8 Å². The monoisotopic (exact) mass is 291 g/mol. The fourth-order valence-corrected chi connectivity index (χ4v) is 4.30. The van der Waals surface area contributed by atoms with Gasteiger partial charge in [-0.15, -0.1) is 11.6 Å². The lowest BCUT2D eigenvalue weighted by Crippen LogP contribution is -2.29. The summed E-state index contributed by atoms with van der Waals surface area (Å²) in [4.78, 5) is 0.267. The van der Waals surface area contributed by atoms with Gasteiger partial charge in [-0.1, -0.05) is 0 Å². The molecule has 0 radical (unpaired) electrons. The maximum Gasteiger partial charge on any atom is 0.244 e. The number of aromatic amines is 1. The molecule has 2 unspecified atom stereocenters. The number of hydrogen-bond donors (Lipinski definition) is 2. The van der Waals surface area contributed by atoms with Crippen LogP contribution in [0.25, 0.3) is 0 Å². The lowest BCUT2D eigenvalue weighted by Gasteiger charge is -2.11. The van der Waals surface area contributed by atoms with Crippen LogP contribution in [-0.4, -0.2) is 30.5 Å². The van der Waals surface area contributed by atoms with Crippen molar-refractivity contribution >= 4 is 21.6 Å². The van der Waals surface area contributed by atoms with E-state index in [0.29, 0.717) is 23.9 Å². The zero-order valence-corrected chi connectivity index (χ0v) is 12.1. The van der Waals surface area contributed by atoms with E-state index in [2.05, 4.69) is 14.9 Å². The minimum Gasteiger partial charge on any atom is -0.281 e. The molecular weight excluding hydrogens is 274 g/mol. The second kappa shape index (κ2) is 5.19. The van der Waals surface area contributed by atoms with Crippen LogP contribution in [-0.2, 0) is 10.0 Å². The number of H-pyrrole nitrogens is 1. The van der Waals surface area contributed by atoms with Crippen LogP contribution < -0.4 is 4.72 Å². The molecule has 1 aliphatic rings. The number of aromatic nitrogens is 2. The lowest BCUT2D eigenvalue weighted by molar-refractivity contribution is 0.519. The summed E-state index contributed by atoms with van der Waals surface area (Å²) in [5.41, 5.74) is 1.07. The Labute approximate surface area is 112 Å². The van der Waals surface area contributed by atoms with Gasteiger partial charge in [-0.05, 0) is 39.0 Å². The van der Waals surface area contributed by atoms with Gasteiger partial charge in [0.2, 0.25) is 10.0 Å². The molecule has 5 nitrogen and oxygen atoms in total. The summed E-state index contributed by atoms with van der Waals surface area (Å²) in [5, 5.41) is 6.79. The third kappa shape index (κ3) is 2.87. The fraction of sp³-hybridized carbons (Fsp3) is 0.727. The number of alkyl halides is 1. The molecule has 18 heavy (non-hydrogen) atoms. The normalized spacial score (nSPS) is 24.6. The van der Waals surface area contributed by atoms with Gasteiger partial charge in [-0.25, -0.2) is 13.1 Å². The van der Waals surface area contributed by atoms with Gasteiger partial charge in [0.05, 0.1) is 11.4 Å². The average Bonchev–Trinajstić information content (AvgIpc) is 2.83. The predicted octanol–water partition coefficient (Wildman–Crippen LogP) is 1.71. The number of rotatable bonds is 4. The molecular formula is C11H18ClN3O2S. The maximum absolute atomic E-state index is 12.2. The van der Waals surface area contributed by atoms with Crippen molar-refractivity contribution in [2.24, 2.45) is 5.92 Å². The van der Waals surface area contributed by atoms with Gasteiger partial charge in [-0.2, -0.15) is 5.10 Å². The van der Waals surface area contributed by atoms with Crippen molar-refractivity contribution in [3.05, 3.63) is 11.4 Å². The minimum absolute atomic E-state index is 0.192. The zero-order valence-electron chi connectivity index (χ0n) is 10.5. The summed E-state index contributed by atoms with van der Waals surface area (Å²) in [6, 6.07) is 0. The molecule has 2 atom stereocenters. The van der Waals surface area contributed by atoms with Crippen molar-refractivity contribution in [3.63, 3.8) is 0 Å². The Kier molecular flexibility index (Phi) is 3.99. The van der Waals surface area contributed by atoms with E-state index >= 15 is 0 Å². The average molecular weight is 292 g/mol. The van der Waals surface area contributed by atoms with E-state index in [-0.39, 0.29) is 10.3 Å². The molecule has 1 heterocycles. The molecule has 7 heteroatoms. The number of aryl methyl sites for hydroxylation is 2. The smallest absolute Gasteiger partial charge is 0.244 e. The molecule has 0 bridgehead atoms. The molecule has 1 aliphatic carbocycles. The van der Waals surface area contributed by atoms with Gasteiger partial charge in [0.1, 0.15) is 4.90 Å². The summed E-state index contributed by atoms with van der Waals surface area (Å²) in [7, 11) is -3.47. The van der Waals surface area contributed by atoms with Crippen LogP contribution in [0, 0.1) is 19.8 Å². The van der Waals surface area contributed by atoms with Crippen LogP contribution in [0.3, 0.4) is 0 Å². The van der Waals surface area contributed by atoms with Gasteiger partial charge in [0.15, 0.2) is 0 Å². The maximum atomic E-state index is 12.2. The third-order valence-corrected chi connectivity index (χ3v) is 5.45. The Balaban J connectivity index is 2.04. The second-order valence-electron chi connectivity index (χ2n) is 4.89. The van der Waals surface area contributed by atoms with E-state index in [1.807, 2.05) is 0 Å². The van der Waals surface area contributed by atoms with Crippen molar-refractivity contribution in [1.29, 1.82) is 0 Å². The van der Waals surface area contributed by atoms with Crippen molar-refractivity contribution in [2.45, 2.75) is 43.4 Å². The van der Waals surface area contributed by atoms with Crippen molar-refractivity contribution in [1.82, 2.24) is 14.9 Å². The second-order valence-corrected chi connectivity index (χ2v) is 7.21. The molecule has 0 amide bonds. The Bertz CT molecular complexity index is 507. The van der Waals surface area contributed by atoms with E-state index in [0.717, 1.165) is 19.3 Å². The summed E-state index contributed by atoms with van der Waals surface area (Å²) in [5.74, 6) is 0.342. The summed E-state index contributed by atoms with van der Waals surface area (Å²) in [6.45, 7) is 3.84. The zero-order chi connectivity index (χ0) is 13.3. The number of halogens is 1. The Morgan fingerprint density at radius 1 is 1.44 bits per heavy atom. The molecule has 1 fully saturated rings. The number of nitrogens with zero attached hydrogens (tertiary/aromatic N) is 1. The molecule has 0 spiro atoms. The SMILES string of the molecule is Cc1n[nH]c(C)c1S(=O)(=O)NCC1CCC(Cl)C1. The first-order chi connectivity index (χ1) is 8.40. The van der Waals surface area contributed by atoms with Gasteiger partial charge in [-0.3, -0.25) is 5.10 Å². The molecule has 0 aromatic carbocycles. The first kappa shape index (κ1) is 13.8. The summed E-state index contributed by atoms with van der Waals surface area (Å²) in [6.07, 6.45) is 2.84. The van der Waals surface area contributed by atoms with Gasteiger partial charge >= 0.3 is 0 Å². The largest absolute Gasteiger partial charge is 0.281 e. The van der Waals surface area contributed by atoms with Gasteiger partial charge in [0, 0.05) is 11.9 Å². The third-order valence-electron chi connectivity index (χ3n) is 3.37. The number of nitrogens with one attached hydrogen (secondary N) is 2. The van der Waals surface area contributed by atoms with Crippen LogP contribution in [0.2, 0.25) is 0 Å². The standard InChI is InChI=1S/C11H18ClN3O2S/c1-7-11(8(2)15-14-7)18(16,17)13-6-9-3-4-10(12)5-9/h9-10,13H,3-6H2,1-2H3,(H,14,15). The summed E-state index contributed by atoms with van der Waals surface area (Å²) < 4.78 is 27.0. The van der Waals surface area contributed by atoms with Crippen LogP contribution in [0.1, 0.15) is 30.7 Å². The highest BCUT2D eigenvalue weighted by Crippen LogP contribution is 2.29. The quantitative estimate of drug-likeness (QED) is 0.829. The van der Waals surface area contributed by atoms with Crippen LogP contribution in [0.5, 0.6) is 0 Å². The van der Waals surface area contributed by atoms with Gasteiger partial charge in [0.25, 0.3) is 0 Å². The molecule has 0 saturated heterocycles. The highest BCUT2D eigenvalue weighted by molar-refractivity contribution is 7.89. The Hall–Kier alpha value is -0.590. The molecule has 1 saturated carbocycles. The molecule has 2 N–H and O–H groups in total. The van der Waals surface area contributed by atoms with Crippen molar-refractivity contribution in [3.8, 4) is 0 Å². The van der Waals surface area contributed by atoms with Crippen molar-refractivity contribution in [2.75, 3.05) is 6.54 Å². The highest BCUT2D eigenvalue weighted by Gasteiger charge is 2.27. The lowest BCUT2D eigenvalue weighted by atomic mass is 10.1. The van der Waals surface area contributed by atoms with Crippen molar-refractivity contribution < 1.29 is 8.42 Å². The van der Waals surface area contributed by atoms with Gasteiger partial charge < -0.3 is 0 Å². The first-order valence-electron chi connectivity index (χ1n) is 6.05. The van der Waals surface area contributed by atoms with E-state index in [9.17, 15) is 8.42 Å². The summed E-state index contributed by atoms with van der Waals surface area (Å²) >= 11 is 6.01. The molecule has 1 aromatic rings. The molecule has 2 rings (SSSR count). The Morgan fingerprint density at radius 2 is 2.17 bits per heavy atom. The van der Waals surface area contributed by atoms with E-state index in [4.69, 9.17) is 11.6 Å². The number of sulfonamides is 1. The minimum atomic E-state index is -3.47. The van der Waals surface area contributed by atoms with Crippen LogP contribution in [0.4, 0.5) is 0 Å². The molecule has 0 aliphatic heterocycles. The van der Waals surface area contributed by atoms with E-state index in [1.165, 1.54) is 0 Å². The first-order valence-corrected chi connectivity index (χ1v) is 7.97. The van der Waals surface area contributed by atoms with E-state index in [1.54, 1.807) is 13.8 Å². The Morgan fingerprint density at radius 3 is 2.67 bits per heavy atom. The molecule has 102 valence electrons. The number of hydrogen-bond acceptors (Lipinski definition) is 3. The van der Waals surface area contributed by atoms with Crippen LogP contribution >= 0.6 is 11.6 Å². The fourth-order valence-electron chi connectivity index (χ4n) is 2.44. The van der Waals surface area contributed by atoms with E-state index < -0.39 is 10.0 Å². The predicted molar refractivity (Wildman–Crippen MR) is 70.2 cm³/mol. The van der Waals surface area contributed by atoms with Crippen LogP contribution in [0.15, 0.2) is 4.90 Å².